The van der Waals surface area contributed by atoms with E-state index in [1.807, 2.05) is 113 Å². The molecule has 10 nitrogen and oxygen atoms in total. The number of amides is 4. The molecule has 3 heterocycles. The predicted octanol–water partition coefficient (Wildman–Crippen LogP) is 8.10. The van der Waals surface area contributed by atoms with E-state index >= 15 is 0 Å². The normalized spacial score (nSPS) is 20.9. The van der Waals surface area contributed by atoms with Gasteiger partial charge in [0.2, 0.25) is 11.8 Å². The van der Waals surface area contributed by atoms with Gasteiger partial charge in [0.05, 0.1) is 12.1 Å². The fraction of sp³-hybridized carbons (Fsp3) is 0.378. The summed E-state index contributed by atoms with van der Waals surface area (Å²) in [5.41, 5.74) is 7.18. The van der Waals surface area contributed by atoms with E-state index in [2.05, 4.69) is 41.9 Å². The summed E-state index contributed by atoms with van der Waals surface area (Å²) in [6.07, 6.45) is 3.87. The van der Waals surface area contributed by atoms with Gasteiger partial charge in [-0.3, -0.25) is 19.2 Å². The topological polar surface area (TPSA) is 114 Å². The number of fused-ring (bicyclic) bond motifs is 2. The lowest BCUT2D eigenvalue weighted by Gasteiger charge is -2.40. The molecule has 4 atom stereocenters. The summed E-state index contributed by atoms with van der Waals surface area (Å²) in [4.78, 5) is 57.8. The van der Waals surface area contributed by atoms with Crippen molar-refractivity contribution < 1.29 is 19.2 Å². The Balaban J connectivity index is 0.900. The fourth-order valence-electron chi connectivity index (χ4n) is 8.51. The molecule has 3 aliphatic heterocycles. The molecule has 286 valence electrons. The van der Waals surface area contributed by atoms with Crippen molar-refractivity contribution in [2.24, 2.45) is 0 Å². The van der Waals surface area contributed by atoms with Crippen LogP contribution in [0.3, 0.4) is 0 Å². The fourth-order valence-corrected chi connectivity index (χ4v) is 8.51. The zero-order valence-electron chi connectivity index (χ0n) is 32.3. The first-order chi connectivity index (χ1) is 26.6. The lowest BCUT2D eigenvalue weighted by Crippen LogP contribution is -2.46. The molecular weight excluding hydrogens is 689 g/mol. The van der Waals surface area contributed by atoms with Crippen molar-refractivity contribution in [2.45, 2.75) is 96.4 Å². The van der Waals surface area contributed by atoms with E-state index in [4.69, 9.17) is 0 Å². The number of piperidine rings is 1. The molecule has 0 unspecified atom stereocenters. The van der Waals surface area contributed by atoms with Crippen LogP contribution in [-0.4, -0.2) is 59.7 Å². The van der Waals surface area contributed by atoms with Crippen LogP contribution in [0, 0.1) is 0 Å². The summed E-state index contributed by atoms with van der Waals surface area (Å²) in [5.74, 6) is 0.125. The molecule has 1 fully saturated rings. The number of likely N-dealkylation sites (tertiary alicyclic amines) is 1. The van der Waals surface area contributed by atoms with Gasteiger partial charge >= 0.3 is 0 Å². The van der Waals surface area contributed by atoms with Crippen molar-refractivity contribution in [3.05, 3.63) is 119 Å². The Labute approximate surface area is 324 Å². The van der Waals surface area contributed by atoms with Gasteiger partial charge in [0.25, 0.3) is 11.8 Å². The molecule has 4 aromatic carbocycles. The van der Waals surface area contributed by atoms with Gasteiger partial charge in [-0.25, -0.2) is 0 Å². The number of anilines is 4. The number of hydrogen-bond acceptors (Lipinski definition) is 6. The van der Waals surface area contributed by atoms with Crippen LogP contribution in [0.15, 0.2) is 97.1 Å². The van der Waals surface area contributed by atoms with E-state index in [1.165, 1.54) is 0 Å². The maximum atomic E-state index is 13.5. The smallest absolute Gasteiger partial charge is 0.253 e. The summed E-state index contributed by atoms with van der Waals surface area (Å²) in [6.45, 7) is 9.11. The van der Waals surface area contributed by atoms with E-state index in [9.17, 15) is 19.2 Å². The number of benzene rings is 4. The third kappa shape index (κ3) is 7.95. The van der Waals surface area contributed by atoms with Gasteiger partial charge in [-0.1, -0.05) is 50.2 Å². The second-order valence-corrected chi connectivity index (χ2v) is 15.1. The number of rotatable bonds is 9. The van der Waals surface area contributed by atoms with Crippen LogP contribution in [0.25, 0.3) is 0 Å². The Morgan fingerprint density at radius 1 is 0.600 bits per heavy atom. The minimum atomic E-state index is -0.121. The molecule has 0 radical (unpaired) electrons. The number of carbonyl (C=O) groups excluding carboxylic acids is 4. The Hall–Kier alpha value is -5.64. The van der Waals surface area contributed by atoms with Crippen LogP contribution in [0.1, 0.15) is 110 Å². The molecule has 4 aromatic rings. The van der Waals surface area contributed by atoms with E-state index < -0.39 is 0 Å². The Kier molecular flexibility index (Phi) is 11.2. The van der Waals surface area contributed by atoms with Crippen LogP contribution in [-0.2, 0) is 9.59 Å². The molecule has 0 aromatic heterocycles. The third-order valence-electron chi connectivity index (χ3n) is 11.4. The molecule has 1 saturated heterocycles. The van der Waals surface area contributed by atoms with Crippen molar-refractivity contribution in [1.29, 1.82) is 0 Å². The largest absolute Gasteiger partial charge is 0.378 e. The van der Waals surface area contributed by atoms with Crippen LogP contribution in [0.4, 0.5) is 22.7 Å². The van der Waals surface area contributed by atoms with Gasteiger partial charge in [0.1, 0.15) is 0 Å². The highest BCUT2D eigenvalue weighted by Gasteiger charge is 2.34. The van der Waals surface area contributed by atoms with Crippen molar-refractivity contribution in [3.8, 4) is 0 Å². The number of nitrogens with zero attached hydrogens (tertiary/aromatic N) is 3. The second kappa shape index (κ2) is 16.4. The second-order valence-electron chi connectivity index (χ2n) is 15.1. The number of carbonyl (C=O) groups is 4. The number of nitrogens with one attached hydrogen (secondary N) is 3. The molecule has 10 heteroatoms. The SMILES string of the molecule is CCC(=O)N1c2ccccc2[C@H](Nc2ccc(C(=O)NC3CCN(C(=O)c4ccc(N[C@@H]5C[C@H](C)N(C(=O)CC)c6ccccc65)cc4)CC3)cc2)C[C@@H]1C. The standard InChI is InChI=1S/C45H52N6O4/c1-5-42(52)50-29(3)27-38(36-11-7-9-13-40(36)50)46-33-19-15-31(16-20-33)44(54)48-35-23-25-49(26-24-35)45(55)32-17-21-34(22-18-32)47-39-28-30(4)51(43(53)6-2)41-14-10-8-12-37(39)41/h7-22,29-30,35,38-39,46-47H,5-6,23-28H2,1-4H3,(H,48,54)/t29-,30-,38+,39+/m0/s1. The highest BCUT2D eigenvalue weighted by Crippen LogP contribution is 2.40. The summed E-state index contributed by atoms with van der Waals surface area (Å²) in [6, 6.07) is 31.6. The molecule has 0 spiro atoms. The van der Waals surface area contributed by atoms with Gasteiger partial charge in [-0.05, 0) is 111 Å². The molecule has 55 heavy (non-hydrogen) atoms. The molecular formula is C45H52N6O4. The van der Waals surface area contributed by atoms with Crippen molar-refractivity contribution in [3.63, 3.8) is 0 Å². The van der Waals surface area contributed by atoms with E-state index in [0.29, 0.717) is 49.9 Å². The molecule has 3 aliphatic rings. The molecule has 0 aliphatic carbocycles. The lowest BCUT2D eigenvalue weighted by atomic mass is 9.91. The van der Waals surface area contributed by atoms with Crippen LogP contribution in [0.5, 0.6) is 0 Å². The quantitative estimate of drug-likeness (QED) is 0.160. The highest BCUT2D eigenvalue weighted by molar-refractivity contribution is 5.97. The third-order valence-corrected chi connectivity index (χ3v) is 11.4. The van der Waals surface area contributed by atoms with Gasteiger partial charge in [0.15, 0.2) is 0 Å². The lowest BCUT2D eigenvalue weighted by molar-refractivity contribution is -0.119. The monoisotopic (exact) mass is 740 g/mol. The predicted molar refractivity (Wildman–Crippen MR) is 219 cm³/mol. The van der Waals surface area contributed by atoms with E-state index in [0.717, 1.165) is 46.7 Å². The first kappa shape index (κ1) is 37.7. The van der Waals surface area contributed by atoms with Crippen LogP contribution in [0.2, 0.25) is 0 Å². The maximum Gasteiger partial charge on any atom is 0.253 e. The van der Waals surface area contributed by atoms with Gasteiger partial charge in [-0.15, -0.1) is 0 Å². The summed E-state index contributed by atoms with van der Waals surface area (Å²) in [7, 11) is 0. The van der Waals surface area contributed by atoms with Gasteiger partial charge in [-0.2, -0.15) is 0 Å². The van der Waals surface area contributed by atoms with E-state index in [-0.39, 0.29) is 53.8 Å². The van der Waals surface area contributed by atoms with E-state index in [1.54, 1.807) is 0 Å². The maximum absolute atomic E-state index is 13.5. The minimum absolute atomic E-state index is 0.00979. The van der Waals surface area contributed by atoms with Crippen molar-refractivity contribution in [2.75, 3.05) is 33.5 Å². The Morgan fingerprint density at radius 3 is 1.49 bits per heavy atom. The van der Waals surface area contributed by atoms with Gasteiger partial charge < -0.3 is 30.7 Å². The van der Waals surface area contributed by atoms with Crippen molar-refractivity contribution in [1.82, 2.24) is 10.2 Å². The first-order valence-electron chi connectivity index (χ1n) is 19.8. The Morgan fingerprint density at radius 2 is 1.04 bits per heavy atom. The van der Waals surface area contributed by atoms with Gasteiger partial charge in [0, 0.05) is 77.9 Å². The summed E-state index contributed by atoms with van der Waals surface area (Å²) < 4.78 is 0. The highest BCUT2D eigenvalue weighted by atomic mass is 16.2. The molecule has 7 rings (SSSR count). The first-order valence-corrected chi connectivity index (χ1v) is 19.8. The number of para-hydroxylation sites is 2. The zero-order valence-corrected chi connectivity index (χ0v) is 32.3. The Bertz CT molecular complexity index is 2020. The van der Waals surface area contributed by atoms with Crippen LogP contribution >= 0.6 is 0 Å². The average molecular weight is 741 g/mol. The number of hydrogen-bond donors (Lipinski definition) is 3. The molecule has 3 N–H and O–H groups in total. The molecule has 0 bridgehead atoms. The molecule has 4 amide bonds. The summed E-state index contributed by atoms with van der Waals surface area (Å²) in [5, 5.41) is 10.5. The summed E-state index contributed by atoms with van der Waals surface area (Å²) >= 11 is 0. The minimum Gasteiger partial charge on any atom is -0.378 e. The zero-order chi connectivity index (χ0) is 38.6. The molecule has 0 saturated carbocycles. The average Bonchev–Trinajstić information content (AvgIpc) is 3.21. The van der Waals surface area contributed by atoms with Crippen LogP contribution < -0.4 is 25.8 Å². The van der Waals surface area contributed by atoms with Crippen molar-refractivity contribution >= 4 is 46.4 Å².